The van der Waals surface area contributed by atoms with Crippen molar-refractivity contribution >= 4 is 27.3 Å². The number of hydrogen-bond donors (Lipinski definition) is 1. The number of aryl methyl sites for hydroxylation is 1. The lowest BCUT2D eigenvalue weighted by Gasteiger charge is -2.05. The van der Waals surface area contributed by atoms with Gasteiger partial charge in [-0.2, -0.15) is 0 Å². The van der Waals surface area contributed by atoms with Crippen LogP contribution in [0.2, 0.25) is 0 Å². The minimum absolute atomic E-state index is 0.530. The van der Waals surface area contributed by atoms with Crippen molar-refractivity contribution in [1.82, 2.24) is 15.5 Å². The van der Waals surface area contributed by atoms with Gasteiger partial charge < -0.3 is 10.1 Å². The molecule has 4 nitrogen and oxygen atoms in total. The summed E-state index contributed by atoms with van der Waals surface area (Å²) in [5, 5.41) is 13.4. The monoisotopic (exact) mass is 341 g/mol. The normalized spacial score (nSPS) is 10.9. The van der Waals surface area contributed by atoms with Crippen LogP contribution in [-0.4, -0.2) is 17.3 Å². The molecule has 0 spiro atoms. The molecule has 19 heavy (non-hydrogen) atoms. The summed E-state index contributed by atoms with van der Waals surface area (Å²) in [6.45, 7) is 4.17. The second-order valence-corrected chi connectivity index (χ2v) is 6.33. The Hall–Kier alpha value is -0.820. The Morgan fingerprint density at radius 3 is 2.74 bits per heavy atom. The SMILES string of the molecule is COCc1nnc(CNCc2cc(C)cc(Br)c2)s1. The number of aromatic nitrogens is 2. The third-order valence-corrected chi connectivity index (χ3v) is 3.84. The van der Waals surface area contributed by atoms with Gasteiger partial charge in [-0.05, 0) is 30.2 Å². The average molecular weight is 342 g/mol. The van der Waals surface area contributed by atoms with E-state index in [1.54, 1.807) is 18.4 Å². The zero-order valence-electron chi connectivity index (χ0n) is 10.9. The van der Waals surface area contributed by atoms with Gasteiger partial charge in [0.15, 0.2) is 0 Å². The number of nitrogens with zero attached hydrogens (tertiary/aromatic N) is 2. The van der Waals surface area contributed by atoms with Crippen LogP contribution in [0.4, 0.5) is 0 Å². The van der Waals surface area contributed by atoms with E-state index < -0.39 is 0 Å². The largest absolute Gasteiger partial charge is 0.377 e. The molecule has 0 amide bonds. The van der Waals surface area contributed by atoms with Crippen LogP contribution < -0.4 is 5.32 Å². The Kier molecular flexibility index (Phi) is 5.45. The molecule has 1 N–H and O–H groups in total. The van der Waals surface area contributed by atoms with Crippen LogP contribution in [0, 0.1) is 6.92 Å². The Bertz CT molecular complexity index is 524. The molecule has 1 aromatic heterocycles. The highest BCUT2D eigenvalue weighted by molar-refractivity contribution is 9.10. The van der Waals surface area contributed by atoms with Gasteiger partial charge >= 0.3 is 0 Å². The van der Waals surface area contributed by atoms with E-state index in [0.29, 0.717) is 6.61 Å². The van der Waals surface area contributed by atoms with E-state index in [2.05, 4.69) is 56.6 Å². The number of halogens is 1. The van der Waals surface area contributed by atoms with Gasteiger partial charge in [-0.1, -0.05) is 33.3 Å². The van der Waals surface area contributed by atoms with E-state index in [4.69, 9.17) is 4.74 Å². The van der Waals surface area contributed by atoms with E-state index in [1.807, 2.05) is 0 Å². The molecule has 0 bridgehead atoms. The quantitative estimate of drug-likeness (QED) is 0.877. The molecule has 2 aromatic rings. The van der Waals surface area contributed by atoms with Crippen LogP contribution in [0.15, 0.2) is 22.7 Å². The second-order valence-electron chi connectivity index (χ2n) is 4.26. The second kappa shape index (κ2) is 7.09. The number of benzene rings is 1. The van der Waals surface area contributed by atoms with Crippen LogP contribution >= 0.6 is 27.3 Å². The van der Waals surface area contributed by atoms with Gasteiger partial charge in [0.25, 0.3) is 0 Å². The molecule has 0 radical (unpaired) electrons. The van der Waals surface area contributed by atoms with Gasteiger partial charge in [-0.25, -0.2) is 0 Å². The Balaban J connectivity index is 1.85. The summed E-state index contributed by atoms with van der Waals surface area (Å²) in [6.07, 6.45) is 0. The Morgan fingerprint density at radius 2 is 2.00 bits per heavy atom. The third kappa shape index (κ3) is 4.65. The number of nitrogens with one attached hydrogen (secondary N) is 1. The molecule has 6 heteroatoms. The van der Waals surface area contributed by atoms with Crippen molar-refractivity contribution in [3.8, 4) is 0 Å². The summed E-state index contributed by atoms with van der Waals surface area (Å²) < 4.78 is 6.14. The molecule has 0 saturated heterocycles. The lowest BCUT2D eigenvalue weighted by atomic mass is 10.1. The van der Waals surface area contributed by atoms with Gasteiger partial charge in [0.05, 0.1) is 6.61 Å². The van der Waals surface area contributed by atoms with E-state index in [1.165, 1.54) is 11.1 Å². The van der Waals surface area contributed by atoms with E-state index in [0.717, 1.165) is 27.6 Å². The zero-order chi connectivity index (χ0) is 13.7. The van der Waals surface area contributed by atoms with Crippen molar-refractivity contribution in [2.75, 3.05) is 7.11 Å². The van der Waals surface area contributed by atoms with Crippen molar-refractivity contribution in [3.63, 3.8) is 0 Å². The molecule has 0 aliphatic carbocycles. The molecule has 0 atom stereocenters. The maximum absolute atomic E-state index is 5.02. The molecular formula is C13H16BrN3OS. The predicted octanol–water partition coefficient (Wildman–Crippen LogP) is 3.05. The van der Waals surface area contributed by atoms with Crippen LogP contribution in [0.1, 0.15) is 21.1 Å². The van der Waals surface area contributed by atoms with Crippen molar-refractivity contribution in [3.05, 3.63) is 43.8 Å². The molecule has 0 saturated carbocycles. The maximum atomic E-state index is 5.02. The highest BCUT2D eigenvalue weighted by Crippen LogP contribution is 2.15. The molecule has 1 aromatic carbocycles. The molecule has 0 aliphatic rings. The number of rotatable bonds is 6. The van der Waals surface area contributed by atoms with Gasteiger partial charge in [0.2, 0.25) is 0 Å². The summed E-state index contributed by atoms with van der Waals surface area (Å²) in [5.41, 5.74) is 2.51. The fraction of sp³-hybridized carbons (Fsp3) is 0.385. The Labute approximate surface area is 125 Å². The maximum Gasteiger partial charge on any atom is 0.143 e. The van der Waals surface area contributed by atoms with Gasteiger partial charge in [-0.15, -0.1) is 10.2 Å². The van der Waals surface area contributed by atoms with Crippen molar-refractivity contribution in [1.29, 1.82) is 0 Å². The summed E-state index contributed by atoms with van der Waals surface area (Å²) in [4.78, 5) is 0. The van der Waals surface area contributed by atoms with Gasteiger partial charge in [0.1, 0.15) is 10.0 Å². The lowest BCUT2D eigenvalue weighted by molar-refractivity contribution is 0.184. The zero-order valence-corrected chi connectivity index (χ0v) is 13.3. The average Bonchev–Trinajstić information content (AvgIpc) is 2.76. The highest BCUT2D eigenvalue weighted by Gasteiger charge is 2.03. The summed E-state index contributed by atoms with van der Waals surface area (Å²) in [6, 6.07) is 6.40. The molecule has 0 fully saturated rings. The smallest absolute Gasteiger partial charge is 0.143 e. The lowest BCUT2D eigenvalue weighted by Crippen LogP contribution is -2.12. The minimum atomic E-state index is 0.530. The van der Waals surface area contributed by atoms with Crippen molar-refractivity contribution in [2.24, 2.45) is 0 Å². The fourth-order valence-corrected chi connectivity index (χ4v) is 3.21. The summed E-state index contributed by atoms with van der Waals surface area (Å²) in [7, 11) is 1.66. The number of methoxy groups -OCH3 is 1. The standard InChI is InChI=1S/C13H16BrN3OS/c1-9-3-10(5-11(14)4-9)6-15-7-12-16-17-13(19-12)8-18-2/h3-5,15H,6-8H2,1-2H3. The van der Waals surface area contributed by atoms with Crippen molar-refractivity contribution in [2.45, 2.75) is 26.6 Å². The first-order chi connectivity index (χ1) is 9.17. The van der Waals surface area contributed by atoms with Crippen molar-refractivity contribution < 1.29 is 4.74 Å². The molecule has 0 unspecified atom stereocenters. The summed E-state index contributed by atoms with van der Waals surface area (Å²) in [5.74, 6) is 0. The first-order valence-corrected chi connectivity index (χ1v) is 7.55. The highest BCUT2D eigenvalue weighted by atomic mass is 79.9. The van der Waals surface area contributed by atoms with Gasteiger partial charge in [-0.3, -0.25) is 0 Å². The van der Waals surface area contributed by atoms with E-state index >= 15 is 0 Å². The van der Waals surface area contributed by atoms with Crippen LogP contribution in [-0.2, 0) is 24.4 Å². The first kappa shape index (κ1) is 14.6. The number of hydrogen-bond acceptors (Lipinski definition) is 5. The first-order valence-electron chi connectivity index (χ1n) is 5.94. The van der Waals surface area contributed by atoms with Crippen LogP contribution in [0.5, 0.6) is 0 Å². The van der Waals surface area contributed by atoms with Crippen LogP contribution in [0.3, 0.4) is 0 Å². The Morgan fingerprint density at radius 1 is 1.21 bits per heavy atom. The summed E-state index contributed by atoms with van der Waals surface area (Å²) >= 11 is 5.09. The van der Waals surface area contributed by atoms with Gasteiger partial charge in [0, 0.05) is 24.7 Å². The molecule has 2 rings (SSSR count). The molecule has 102 valence electrons. The van der Waals surface area contributed by atoms with E-state index in [-0.39, 0.29) is 0 Å². The van der Waals surface area contributed by atoms with Crippen LogP contribution in [0.25, 0.3) is 0 Å². The molecular weight excluding hydrogens is 326 g/mol. The topological polar surface area (TPSA) is 47.0 Å². The third-order valence-electron chi connectivity index (χ3n) is 2.48. The fourth-order valence-electron chi connectivity index (χ4n) is 1.77. The van der Waals surface area contributed by atoms with E-state index in [9.17, 15) is 0 Å². The number of ether oxygens (including phenoxy) is 1. The molecule has 1 heterocycles. The molecule has 0 aliphatic heterocycles. The predicted molar refractivity (Wildman–Crippen MR) is 80.0 cm³/mol. The minimum Gasteiger partial charge on any atom is -0.377 e.